The van der Waals surface area contributed by atoms with Gasteiger partial charge in [0.25, 0.3) is 0 Å². The van der Waals surface area contributed by atoms with Crippen molar-refractivity contribution < 1.29 is 14.6 Å². The lowest BCUT2D eigenvalue weighted by atomic mass is 10.00. The average molecular weight is 238 g/mol. The summed E-state index contributed by atoms with van der Waals surface area (Å²) in [4.78, 5) is 10.5. The third-order valence-electron chi connectivity index (χ3n) is 2.41. The third kappa shape index (κ3) is 4.89. The molecule has 0 saturated carbocycles. The standard InChI is InChI=1S/C12H16O3.C2H6/c1-3-10-9(7-8-12(13)14)5-4-6-11(10)15-2;1-2/h4-6H,3,7-8H2,1-2H3,(H,13,14);1-2H3. The van der Waals surface area contributed by atoms with Gasteiger partial charge < -0.3 is 9.84 Å². The van der Waals surface area contributed by atoms with E-state index in [0.717, 1.165) is 23.3 Å². The van der Waals surface area contributed by atoms with E-state index < -0.39 is 5.97 Å². The number of rotatable bonds is 5. The Bertz CT molecular complexity index is 345. The van der Waals surface area contributed by atoms with Crippen LogP contribution >= 0.6 is 0 Å². The molecule has 0 saturated heterocycles. The quantitative estimate of drug-likeness (QED) is 0.856. The van der Waals surface area contributed by atoms with Crippen LogP contribution < -0.4 is 4.74 Å². The van der Waals surface area contributed by atoms with Gasteiger partial charge in [-0.15, -0.1) is 0 Å². The van der Waals surface area contributed by atoms with Crippen LogP contribution in [0.3, 0.4) is 0 Å². The smallest absolute Gasteiger partial charge is 0.303 e. The zero-order chi connectivity index (χ0) is 13.3. The van der Waals surface area contributed by atoms with Gasteiger partial charge in [-0.05, 0) is 30.0 Å². The van der Waals surface area contributed by atoms with E-state index in [1.165, 1.54) is 0 Å². The molecule has 0 aliphatic heterocycles. The van der Waals surface area contributed by atoms with Crippen molar-refractivity contribution in [2.24, 2.45) is 0 Å². The molecule has 3 nitrogen and oxygen atoms in total. The monoisotopic (exact) mass is 238 g/mol. The Morgan fingerprint density at radius 1 is 1.35 bits per heavy atom. The van der Waals surface area contributed by atoms with Crippen molar-refractivity contribution >= 4 is 5.97 Å². The van der Waals surface area contributed by atoms with Gasteiger partial charge in [-0.3, -0.25) is 4.79 Å². The van der Waals surface area contributed by atoms with Crippen LogP contribution in [0.5, 0.6) is 5.75 Å². The number of carbonyl (C=O) groups is 1. The maximum atomic E-state index is 10.5. The Hall–Kier alpha value is -1.51. The molecule has 0 radical (unpaired) electrons. The highest BCUT2D eigenvalue weighted by molar-refractivity contribution is 5.67. The Balaban J connectivity index is 0.00000121. The van der Waals surface area contributed by atoms with E-state index >= 15 is 0 Å². The molecule has 0 spiro atoms. The van der Waals surface area contributed by atoms with Crippen LogP contribution in [-0.4, -0.2) is 18.2 Å². The van der Waals surface area contributed by atoms with Crippen molar-refractivity contribution in [3.63, 3.8) is 0 Å². The predicted molar refractivity (Wildman–Crippen MR) is 69.7 cm³/mol. The number of methoxy groups -OCH3 is 1. The van der Waals surface area contributed by atoms with Gasteiger partial charge >= 0.3 is 5.97 Å². The summed E-state index contributed by atoms with van der Waals surface area (Å²) < 4.78 is 5.24. The molecule has 1 rings (SSSR count). The number of aryl methyl sites for hydroxylation is 1. The Morgan fingerprint density at radius 2 is 2.00 bits per heavy atom. The SMILES string of the molecule is CC.CCc1c(CCC(=O)O)cccc1OC. The first-order valence-corrected chi connectivity index (χ1v) is 6.05. The second-order valence-electron chi connectivity index (χ2n) is 3.35. The van der Waals surface area contributed by atoms with Crippen LogP contribution in [0.25, 0.3) is 0 Å². The van der Waals surface area contributed by atoms with Crippen LogP contribution in [0, 0.1) is 0 Å². The summed E-state index contributed by atoms with van der Waals surface area (Å²) >= 11 is 0. The van der Waals surface area contributed by atoms with Gasteiger partial charge in [0.1, 0.15) is 5.75 Å². The lowest BCUT2D eigenvalue weighted by Gasteiger charge is -2.11. The Kier molecular flexibility index (Phi) is 7.85. The highest BCUT2D eigenvalue weighted by Gasteiger charge is 2.08. The van der Waals surface area contributed by atoms with Crippen LogP contribution in [-0.2, 0) is 17.6 Å². The fraction of sp³-hybridized carbons (Fsp3) is 0.500. The van der Waals surface area contributed by atoms with E-state index in [-0.39, 0.29) is 6.42 Å². The molecule has 17 heavy (non-hydrogen) atoms. The number of carboxylic acid groups (broad SMARTS) is 1. The molecule has 0 aromatic heterocycles. The van der Waals surface area contributed by atoms with E-state index in [4.69, 9.17) is 9.84 Å². The zero-order valence-corrected chi connectivity index (χ0v) is 11.1. The molecular weight excluding hydrogens is 216 g/mol. The summed E-state index contributed by atoms with van der Waals surface area (Å²) in [5.74, 6) is 0.0836. The van der Waals surface area contributed by atoms with Crippen LogP contribution in [0.1, 0.15) is 38.3 Å². The summed E-state index contributed by atoms with van der Waals surface area (Å²) in [6.45, 7) is 6.04. The minimum Gasteiger partial charge on any atom is -0.496 e. The molecular formula is C14H22O3. The zero-order valence-electron chi connectivity index (χ0n) is 11.1. The first-order valence-electron chi connectivity index (χ1n) is 6.05. The van der Waals surface area contributed by atoms with Crippen molar-refractivity contribution in [3.05, 3.63) is 29.3 Å². The first kappa shape index (κ1) is 15.5. The van der Waals surface area contributed by atoms with Crippen molar-refractivity contribution in [1.82, 2.24) is 0 Å². The summed E-state index contributed by atoms with van der Waals surface area (Å²) in [6, 6.07) is 5.77. The van der Waals surface area contributed by atoms with Crippen molar-refractivity contribution in [1.29, 1.82) is 0 Å². The highest BCUT2D eigenvalue weighted by Crippen LogP contribution is 2.23. The van der Waals surface area contributed by atoms with E-state index in [0.29, 0.717) is 6.42 Å². The van der Waals surface area contributed by atoms with Gasteiger partial charge in [0.2, 0.25) is 0 Å². The fourth-order valence-corrected chi connectivity index (χ4v) is 1.68. The summed E-state index contributed by atoms with van der Waals surface area (Å²) in [7, 11) is 1.63. The van der Waals surface area contributed by atoms with E-state index in [2.05, 4.69) is 0 Å². The highest BCUT2D eigenvalue weighted by atomic mass is 16.5. The minimum atomic E-state index is -0.764. The molecule has 1 N–H and O–H groups in total. The van der Waals surface area contributed by atoms with E-state index in [9.17, 15) is 4.79 Å². The lowest BCUT2D eigenvalue weighted by Crippen LogP contribution is -2.01. The van der Waals surface area contributed by atoms with E-state index in [1.54, 1.807) is 7.11 Å². The maximum absolute atomic E-state index is 10.5. The Morgan fingerprint density at radius 3 is 2.47 bits per heavy atom. The van der Waals surface area contributed by atoms with Crippen molar-refractivity contribution in [3.8, 4) is 5.75 Å². The average Bonchev–Trinajstić information content (AvgIpc) is 2.37. The van der Waals surface area contributed by atoms with Crippen LogP contribution in [0.15, 0.2) is 18.2 Å². The third-order valence-corrected chi connectivity index (χ3v) is 2.41. The topological polar surface area (TPSA) is 46.5 Å². The molecule has 0 aliphatic rings. The number of benzene rings is 1. The van der Waals surface area contributed by atoms with Crippen molar-refractivity contribution in [2.45, 2.75) is 40.0 Å². The summed E-state index contributed by atoms with van der Waals surface area (Å²) in [6.07, 6.45) is 1.59. The fourth-order valence-electron chi connectivity index (χ4n) is 1.68. The number of ether oxygens (including phenoxy) is 1. The van der Waals surface area contributed by atoms with Gasteiger partial charge in [0, 0.05) is 6.42 Å². The molecule has 3 heteroatoms. The first-order chi connectivity index (χ1) is 8.19. The van der Waals surface area contributed by atoms with Gasteiger partial charge in [-0.25, -0.2) is 0 Å². The van der Waals surface area contributed by atoms with Crippen molar-refractivity contribution in [2.75, 3.05) is 7.11 Å². The molecule has 0 fully saturated rings. The largest absolute Gasteiger partial charge is 0.496 e. The molecule has 0 heterocycles. The van der Waals surface area contributed by atoms with Gasteiger partial charge in [-0.2, -0.15) is 0 Å². The normalized spacial score (nSPS) is 9.18. The number of hydrogen-bond acceptors (Lipinski definition) is 2. The maximum Gasteiger partial charge on any atom is 0.303 e. The molecule has 96 valence electrons. The minimum absolute atomic E-state index is 0.167. The number of carboxylic acids is 1. The lowest BCUT2D eigenvalue weighted by molar-refractivity contribution is -0.136. The molecule has 1 aromatic rings. The summed E-state index contributed by atoms with van der Waals surface area (Å²) in [5.41, 5.74) is 2.18. The molecule has 0 bridgehead atoms. The molecule has 0 atom stereocenters. The van der Waals surface area contributed by atoms with Crippen LogP contribution in [0.4, 0.5) is 0 Å². The van der Waals surface area contributed by atoms with E-state index in [1.807, 2.05) is 39.0 Å². The Labute approximate surface area is 103 Å². The van der Waals surface area contributed by atoms with Gasteiger partial charge in [0.05, 0.1) is 7.11 Å². The number of hydrogen-bond donors (Lipinski definition) is 1. The second-order valence-corrected chi connectivity index (χ2v) is 3.35. The van der Waals surface area contributed by atoms with Gasteiger partial charge in [-0.1, -0.05) is 32.9 Å². The van der Waals surface area contributed by atoms with Gasteiger partial charge in [0.15, 0.2) is 0 Å². The molecule has 1 aromatic carbocycles. The molecule has 0 amide bonds. The molecule has 0 unspecified atom stereocenters. The molecule has 0 aliphatic carbocycles. The van der Waals surface area contributed by atoms with Crippen LogP contribution in [0.2, 0.25) is 0 Å². The summed E-state index contributed by atoms with van der Waals surface area (Å²) in [5, 5.41) is 8.63. The number of aliphatic carboxylic acids is 1. The predicted octanol–water partition coefficient (Wildman–Crippen LogP) is 3.30. The second kappa shape index (κ2) is 8.62.